The van der Waals surface area contributed by atoms with Crippen LogP contribution in [0.15, 0.2) is 24.3 Å². The summed E-state index contributed by atoms with van der Waals surface area (Å²) < 4.78 is 11.0. The van der Waals surface area contributed by atoms with Gasteiger partial charge in [0.2, 0.25) is 0 Å². The predicted molar refractivity (Wildman–Crippen MR) is 99.5 cm³/mol. The number of hydrogen-bond donors (Lipinski definition) is 1. The Hall–Kier alpha value is -1.50. The monoisotopic (exact) mass is 369 g/mol. The smallest absolute Gasteiger partial charge is 0.317 e. The van der Waals surface area contributed by atoms with Gasteiger partial charge in [0.05, 0.1) is 0 Å². The normalized spacial score (nSPS) is 15.2. The SMILES string of the molecule is CCOCCCNC(=O)N1CCN(CCOc2ccc(Cl)cc2)CC1. The van der Waals surface area contributed by atoms with Gasteiger partial charge in [-0.05, 0) is 37.6 Å². The molecular weight excluding hydrogens is 342 g/mol. The molecule has 0 spiro atoms. The molecule has 0 radical (unpaired) electrons. The van der Waals surface area contributed by atoms with Gasteiger partial charge in [-0.2, -0.15) is 0 Å². The fraction of sp³-hybridized carbons (Fsp3) is 0.611. The second-order valence-corrected chi connectivity index (χ2v) is 6.35. The van der Waals surface area contributed by atoms with Crippen molar-refractivity contribution in [3.05, 3.63) is 29.3 Å². The zero-order valence-electron chi connectivity index (χ0n) is 14.9. The average molecular weight is 370 g/mol. The largest absolute Gasteiger partial charge is 0.492 e. The molecule has 2 amide bonds. The molecule has 1 aliphatic heterocycles. The van der Waals surface area contributed by atoms with Gasteiger partial charge in [-0.15, -0.1) is 0 Å². The molecule has 7 heteroatoms. The summed E-state index contributed by atoms with van der Waals surface area (Å²) in [5.74, 6) is 0.828. The van der Waals surface area contributed by atoms with Crippen molar-refractivity contribution in [1.82, 2.24) is 15.1 Å². The number of ether oxygens (including phenoxy) is 2. The van der Waals surface area contributed by atoms with Crippen LogP contribution in [0.1, 0.15) is 13.3 Å². The maximum atomic E-state index is 12.1. The fourth-order valence-electron chi connectivity index (χ4n) is 2.62. The molecule has 1 aromatic rings. The number of rotatable bonds is 9. The molecule has 0 unspecified atom stereocenters. The van der Waals surface area contributed by atoms with Gasteiger partial charge >= 0.3 is 6.03 Å². The average Bonchev–Trinajstić information content (AvgIpc) is 2.63. The van der Waals surface area contributed by atoms with Crippen LogP contribution in [0.2, 0.25) is 5.02 Å². The van der Waals surface area contributed by atoms with E-state index in [1.807, 2.05) is 36.1 Å². The van der Waals surface area contributed by atoms with Crippen LogP contribution >= 0.6 is 11.6 Å². The standard InChI is InChI=1S/C18H28ClN3O3/c1-2-24-14-3-8-20-18(23)22-11-9-21(10-12-22)13-15-25-17-6-4-16(19)5-7-17/h4-7H,2-3,8-15H2,1H3,(H,20,23). The Morgan fingerprint density at radius 2 is 1.88 bits per heavy atom. The molecule has 1 aromatic carbocycles. The first-order valence-electron chi connectivity index (χ1n) is 8.90. The molecule has 6 nitrogen and oxygen atoms in total. The maximum absolute atomic E-state index is 12.1. The van der Waals surface area contributed by atoms with Crippen LogP contribution in [0, 0.1) is 0 Å². The lowest BCUT2D eigenvalue weighted by molar-refractivity contribution is 0.124. The van der Waals surface area contributed by atoms with Crippen LogP contribution in [0.4, 0.5) is 4.79 Å². The van der Waals surface area contributed by atoms with E-state index in [1.54, 1.807) is 0 Å². The topological polar surface area (TPSA) is 54.0 Å². The third kappa shape index (κ3) is 7.50. The lowest BCUT2D eigenvalue weighted by Gasteiger charge is -2.34. The Balaban J connectivity index is 1.56. The van der Waals surface area contributed by atoms with Gasteiger partial charge in [0.25, 0.3) is 0 Å². The lowest BCUT2D eigenvalue weighted by atomic mass is 10.3. The van der Waals surface area contributed by atoms with Crippen LogP contribution in [0.5, 0.6) is 5.75 Å². The molecule has 2 rings (SSSR count). The third-order valence-electron chi connectivity index (χ3n) is 4.10. The summed E-state index contributed by atoms with van der Waals surface area (Å²) in [5.41, 5.74) is 0. The second kappa shape index (κ2) is 11.2. The maximum Gasteiger partial charge on any atom is 0.317 e. The van der Waals surface area contributed by atoms with E-state index in [0.717, 1.165) is 51.5 Å². The van der Waals surface area contributed by atoms with Crippen molar-refractivity contribution < 1.29 is 14.3 Å². The van der Waals surface area contributed by atoms with E-state index in [-0.39, 0.29) is 6.03 Å². The lowest BCUT2D eigenvalue weighted by Crippen LogP contribution is -2.52. The Morgan fingerprint density at radius 1 is 1.16 bits per heavy atom. The Morgan fingerprint density at radius 3 is 2.56 bits per heavy atom. The van der Waals surface area contributed by atoms with Gasteiger partial charge in [0.15, 0.2) is 0 Å². The van der Waals surface area contributed by atoms with Crippen LogP contribution < -0.4 is 10.1 Å². The number of halogens is 1. The van der Waals surface area contributed by atoms with E-state index >= 15 is 0 Å². The number of nitrogens with one attached hydrogen (secondary N) is 1. The molecular formula is C18H28ClN3O3. The number of benzene rings is 1. The highest BCUT2D eigenvalue weighted by molar-refractivity contribution is 6.30. The van der Waals surface area contributed by atoms with Crippen LogP contribution in [0.25, 0.3) is 0 Å². The van der Waals surface area contributed by atoms with Crippen molar-refractivity contribution >= 4 is 17.6 Å². The summed E-state index contributed by atoms with van der Waals surface area (Å²) >= 11 is 5.85. The predicted octanol–water partition coefficient (Wildman–Crippen LogP) is 2.47. The van der Waals surface area contributed by atoms with Gasteiger partial charge in [-0.1, -0.05) is 11.6 Å². The Kier molecular flexibility index (Phi) is 8.86. The fourth-order valence-corrected chi connectivity index (χ4v) is 2.75. The number of urea groups is 1. The van der Waals surface area contributed by atoms with Gasteiger partial charge in [0.1, 0.15) is 12.4 Å². The van der Waals surface area contributed by atoms with E-state index in [4.69, 9.17) is 21.1 Å². The van der Waals surface area contributed by atoms with Gasteiger partial charge in [-0.25, -0.2) is 4.79 Å². The molecule has 1 heterocycles. The first-order valence-corrected chi connectivity index (χ1v) is 9.28. The molecule has 140 valence electrons. The summed E-state index contributed by atoms with van der Waals surface area (Å²) in [7, 11) is 0. The number of amides is 2. The van der Waals surface area contributed by atoms with Crippen molar-refractivity contribution in [3.63, 3.8) is 0 Å². The summed E-state index contributed by atoms with van der Waals surface area (Å²) in [6.45, 7) is 8.77. The third-order valence-corrected chi connectivity index (χ3v) is 4.35. The zero-order valence-corrected chi connectivity index (χ0v) is 15.6. The molecule has 0 aliphatic carbocycles. The first kappa shape index (κ1) is 19.8. The number of nitrogens with zero attached hydrogens (tertiary/aromatic N) is 2. The summed E-state index contributed by atoms with van der Waals surface area (Å²) in [6, 6.07) is 7.41. The van der Waals surface area contributed by atoms with Crippen molar-refractivity contribution in [1.29, 1.82) is 0 Å². The van der Waals surface area contributed by atoms with E-state index in [1.165, 1.54) is 0 Å². The number of carbonyl (C=O) groups is 1. The number of hydrogen-bond acceptors (Lipinski definition) is 4. The summed E-state index contributed by atoms with van der Waals surface area (Å²) in [5, 5.41) is 3.66. The van der Waals surface area contributed by atoms with Gasteiger partial charge in [-0.3, -0.25) is 4.90 Å². The highest BCUT2D eigenvalue weighted by atomic mass is 35.5. The molecule has 0 atom stereocenters. The van der Waals surface area contributed by atoms with E-state index in [0.29, 0.717) is 24.8 Å². The van der Waals surface area contributed by atoms with Gasteiger partial charge in [0, 0.05) is 57.5 Å². The molecule has 1 fully saturated rings. The van der Waals surface area contributed by atoms with Crippen molar-refractivity contribution in [3.8, 4) is 5.75 Å². The second-order valence-electron chi connectivity index (χ2n) is 5.91. The van der Waals surface area contributed by atoms with Crippen LogP contribution in [-0.2, 0) is 4.74 Å². The Labute approximate surface area is 155 Å². The van der Waals surface area contributed by atoms with Crippen LogP contribution in [0.3, 0.4) is 0 Å². The minimum absolute atomic E-state index is 0.0218. The molecule has 1 aliphatic rings. The van der Waals surface area contributed by atoms with Crippen molar-refractivity contribution in [2.75, 3.05) is 59.1 Å². The van der Waals surface area contributed by atoms with E-state index in [9.17, 15) is 4.79 Å². The highest BCUT2D eigenvalue weighted by Gasteiger charge is 2.20. The molecule has 0 saturated carbocycles. The number of piperazine rings is 1. The van der Waals surface area contributed by atoms with Crippen molar-refractivity contribution in [2.24, 2.45) is 0 Å². The minimum Gasteiger partial charge on any atom is -0.492 e. The highest BCUT2D eigenvalue weighted by Crippen LogP contribution is 2.15. The molecule has 1 saturated heterocycles. The van der Waals surface area contributed by atoms with Crippen molar-refractivity contribution in [2.45, 2.75) is 13.3 Å². The zero-order chi connectivity index (χ0) is 17.9. The van der Waals surface area contributed by atoms with Gasteiger partial charge < -0.3 is 19.7 Å². The molecule has 0 aromatic heterocycles. The quantitative estimate of drug-likeness (QED) is 0.679. The molecule has 25 heavy (non-hydrogen) atoms. The number of carbonyl (C=O) groups excluding carboxylic acids is 1. The van der Waals surface area contributed by atoms with E-state index < -0.39 is 0 Å². The molecule has 0 bridgehead atoms. The summed E-state index contributed by atoms with van der Waals surface area (Å²) in [6.07, 6.45) is 0.849. The molecule has 1 N–H and O–H groups in total. The Bertz CT molecular complexity index is 505. The van der Waals surface area contributed by atoms with E-state index in [2.05, 4.69) is 10.2 Å². The van der Waals surface area contributed by atoms with Crippen LogP contribution in [-0.4, -0.2) is 74.9 Å². The summed E-state index contributed by atoms with van der Waals surface area (Å²) in [4.78, 5) is 16.3. The minimum atomic E-state index is 0.0218. The first-order chi connectivity index (χ1) is 12.2.